The number of carbonyl (C=O) groups excluding carboxylic acids is 3. The molecule has 0 fully saturated rings. The number of rotatable bonds is 5. The van der Waals surface area contributed by atoms with Gasteiger partial charge in [0, 0.05) is 43.0 Å². The molecular weight excluding hydrogens is 482 g/mol. The molecule has 1 atom stereocenters. The van der Waals surface area contributed by atoms with Crippen LogP contribution in [0.1, 0.15) is 50.6 Å². The molecule has 0 N–H and O–H groups in total. The predicted molar refractivity (Wildman–Crippen MR) is 144 cm³/mol. The second-order valence-corrected chi connectivity index (χ2v) is 9.30. The van der Waals surface area contributed by atoms with Crippen LogP contribution in [0.25, 0.3) is 21.9 Å². The van der Waals surface area contributed by atoms with Crippen molar-refractivity contribution in [1.82, 2.24) is 24.0 Å². The summed E-state index contributed by atoms with van der Waals surface area (Å²) in [5.74, 6) is -0.0115. The predicted octanol–water partition coefficient (Wildman–Crippen LogP) is 4.85. The highest BCUT2D eigenvalue weighted by atomic mass is 16.5. The van der Waals surface area contributed by atoms with Crippen molar-refractivity contribution in [1.29, 1.82) is 0 Å². The van der Waals surface area contributed by atoms with E-state index in [0.29, 0.717) is 16.5 Å². The lowest BCUT2D eigenvalue weighted by molar-refractivity contribution is 0.0603. The summed E-state index contributed by atoms with van der Waals surface area (Å²) in [5, 5.41) is 0.381. The Morgan fingerprint density at radius 2 is 1.71 bits per heavy atom. The molecule has 9 nitrogen and oxygen atoms in total. The fourth-order valence-corrected chi connectivity index (χ4v) is 4.89. The van der Waals surface area contributed by atoms with Crippen molar-refractivity contribution in [2.45, 2.75) is 19.9 Å². The summed E-state index contributed by atoms with van der Waals surface area (Å²) in [6.45, 7) is 4.03. The number of fused-ring (bicyclic) bond motifs is 2. The van der Waals surface area contributed by atoms with E-state index in [1.54, 1.807) is 56.8 Å². The van der Waals surface area contributed by atoms with Gasteiger partial charge in [-0.15, -0.1) is 0 Å². The number of ether oxygens (including phenoxy) is 1. The first kappa shape index (κ1) is 24.9. The smallest absolute Gasteiger partial charge is 0.338 e. The standard InChI is InChI=1S/C29H27N5O4/c1-17(34-18(2)31-23-15-30-14-13-24(23)34)19-9-11-20(12-10-19)27(35)22-16-33(29(37)32(3)4)25-8-6-7-21(26(22)25)28(36)38-5/h6-17H,1-5H3. The maximum Gasteiger partial charge on any atom is 0.338 e. The minimum absolute atomic E-state index is 0.0305. The van der Waals surface area contributed by atoms with E-state index in [1.807, 2.05) is 25.1 Å². The molecular formula is C29H27N5O4. The molecule has 0 aliphatic heterocycles. The number of nitrogens with zero attached hydrogens (tertiary/aromatic N) is 5. The van der Waals surface area contributed by atoms with Crippen LogP contribution in [0.3, 0.4) is 0 Å². The van der Waals surface area contributed by atoms with Gasteiger partial charge in [-0.05, 0) is 37.6 Å². The Labute approximate surface area is 219 Å². The third kappa shape index (κ3) is 4.02. The van der Waals surface area contributed by atoms with E-state index in [2.05, 4.69) is 21.5 Å². The summed E-state index contributed by atoms with van der Waals surface area (Å²) in [5.41, 5.74) is 4.18. The summed E-state index contributed by atoms with van der Waals surface area (Å²) in [7, 11) is 4.54. The average Bonchev–Trinajstić information content (AvgIpc) is 3.48. The topological polar surface area (TPSA) is 99.3 Å². The number of aromatic nitrogens is 4. The molecule has 3 heterocycles. The van der Waals surface area contributed by atoms with Gasteiger partial charge >= 0.3 is 12.0 Å². The van der Waals surface area contributed by atoms with Crippen LogP contribution in [-0.4, -0.2) is 63.0 Å². The van der Waals surface area contributed by atoms with Crippen molar-refractivity contribution in [3.63, 3.8) is 0 Å². The zero-order valence-electron chi connectivity index (χ0n) is 21.8. The molecule has 2 aromatic carbocycles. The Hall–Kier alpha value is -4.79. The summed E-state index contributed by atoms with van der Waals surface area (Å²) >= 11 is 0. The minimum atomic E-state index is -0.581. The lowest BCUT2D eigenvalue weighted by Gasteiger charge is -2.17. The van der Waals surface area contributed by atoms with Crippen LogP contribution in [0, 0.1) is 6.92 Å². The van der Waals surface area contributed by atoms with Crippen molar-refractivity contribution in [3.05, 3.63) is 95.2 Å². The van der Waals surface area contributed by atoms with Crippen molar-refractivity contribution in [2.75, 3.05) is 21.2 Å². The van der Waals surface area contributed by atoms with Gasteiger partial charge in [0.25, 0.3) is 0 Å². The Balaban J connectivity index is 1.56. The SMILES string of the molecule is COC(=O)c1cccc2c1c(C(=O)c1ccc(C(C)n3c(C)nc4cnccc43)cc1)cn2C(=O)N(C)C. The number of hydrogen-bond donors (Lipinski definition) is 0. The lowest BCUT2D eigenvalue weighted by Crippen LogP contribution is -2.26. The van der Waals surface area contributed by atoms with Crippen LogP contribution in [-0.2, 0) is 4.74 Å². The first-order valence-corrected chi connectivity index (χ1v) is 12.1. The number of methoxy groups -OCH3 is 1. The Morgan fingerprint density at radius 1 is 0.974 bits per heavy atom. The lowest BCUT2D eigenvalue weighted by atomic mass is 9.97. The molecule has 3 aromatic heterocycles. The molecule has 0 aliphatic carbocycles. The number of amides is 1. The Morgan fingerprint density at radius 3 is 2.39 bits per heavy atom. The number of aryl methyl sites for hydroxylation is 1. The maximum atomic E-state index is 13.8. The number of imidazole rings is 1. The van der Waals surface area contributed by atoms with Gasteiger partial charge in [-0.25, -0.2) is 14.6 Å². The molecule has 1 amide bonds. The van der Waals surface area contributed by atoms with E-state index in [4.69, 9.17) is 4.74 Å². The molecule has 5 rings (SSSR count). The van der Waals surface area contributed by atoms with Crippen LogP contribution in [0.5, 0.6) is 0 Å². The monoisotopic (exact) mass is 509 g/mol. The first-order valence-electron chi connectivity index (χ1n) is 12.1. The van der Waals surface area contributed by atoms with E-state index in [1.165, 1.54) is 22.8 Å². The van der Waals surface area contributed by atoms with E-state index in [9.17, 15) is 14.4 Å². The quantitative estimate of drug-likeness (QED) is 0.248. The van der Waals surface area contributed by atoms with Crippen LogP contribution in [0.4, 0.5) is 4.79 Å². The van der Waals surface area contributed by atoms with Gasteiger partial charge in [-0.2, -0.15) is 0 Å². The normalized spacial score (nSPS) is 12.0. The second kappa shape index (κ2) is 9.59. The zero-order chi connectivity index (χ0) is 27.1. The van der Waals surface area contributed by atoms with Gasteiger partial charge in [0.15, 0.2) is 5.78 Å². The molecule has 0 spiro atoms. The average molecular weight is 510 g/mol. The number of ketones is 1. The van der Waals surface area contributed by atoms with Crippen molar-refractivity contribution in [2.24, 2.45) is 0 Å². The van der Waals surface area contributed by atoms with Gasteiger partial charge in [0.05, 0.1) is 35.9 Å². The number of pyridine rings is 1. The van der Waals surface area contributed by atoms with Gasteiger partial charge < -0.3 is 14.2 Å². The number of benzene rings is 2. The largest absolute Gasteiger partial charge is 0.465 e. The Kier molecular flexibility index (Phi) is 6.28. The first-order chi connectivity index (χ1) is 18.2. The highest BCUT2D eigenvalue weighted by Gasteiger charge is 2.25. The van der Waals surface area contributed by atoms with Gasteiger partial charge in [-0.1, -0.05) is 30.3 Å². The van der Waals surface area contributed by atoms with Crippen LogP contribution in [0.15, 0.2) is 67.1 Å². The number of hydrogen-bond acceptors (Lipinski definition) is 6. The molecule has 0 saturated heterocycles. The molecule has 0 radical (unpaired) electrons. The van der Waals surface area contributed by atoms with Crippen LogP contribution >= 0.6 is 0 Å². The van der Waals surface area contributed by atoms with Gasteiger partial charge in [0.1, 0.15) is 11.3 Å². The summed E-state index contributed by atoms with van der Waals surface area (Å²) in [4.78, 5) is 49.4. The number of esters is 1. The third-order valence-corrected chi connectivity index (χ3v) is 6.78. The van der Waals surface area contributed by atoms with E-state index < -0.39 is 5.97 Å². The molecule has 0 aliphatic rings. The fraction of sp³-hybridized carbons (Fsp3) is 0.207. The highest BCUT2D eigenvalue weighted by molar-refractivity contribution is 6.21. The molecule has 1 unspecified atom stereocenters. The molecule has 38 heavy (non-hydrogen) atoms. The molecule has 9 heteroatoms. The maximum absolute atomic E-state index is 13.8. The Bertz CT molecular complexity index is 1710. The van der Waals surface area contributed by atoms with E-state index in [-0.39, 0.29) is 29.0 Å². The minimum Gasteiger partial charge on any atom is -0.465 e. The molecule has 0 bridgehead atoms. The van der Waals surface area contributed by atoms with E-state index in [0.717, 1.165) is 22.4 Å². The van der Waals surface area contributed by atoms with Crippen molar-refractivity contribution >= 4 is 39.7 Å². The van der Waals surface area contributed by atoms with E-state index >= 15 is 0 Å². The van der Waals surface area contributed by atoms with Crippen molar-refractivity contribution in [3.8, 4) is 0 Å². The zero-order valence-corrected chi connectivity index (χ0v) is 21.8. The fourth-order valence-electron chi connectivity index (χ4n) is 4.89. The van der Waals surface area contributed by atoms with Crippen LogP contribution in [0.2, 0.25) is 0 Å². The molecule has 192 valence electrons. The summed E-state index contributed by atoms with van der Waals surface area (Å²) in [6.07, 6.45) is 4.98. The van der Waals surface area contributed by atoms with Gasteiger partial charge in [-0.3, -0.25) is 14.3 Å². The number of carbonyl (C=O) groups is 3. The highest BCUT2D eigenvalue weighted by Crippen LogP contribution is 2.30. The molecule has 0 saturated carbocycles. The van der Waals surface area contributed by atoms with Crippen molar-refractivity contribution < 1.29 is 19.1 Å². The summed E-state index contributed by atoms with van der Waals surface area (Å²) in [6, 6.07) is 13.9. The van der Waals surface area contributed by atoms with Gasteiger partial charge in [0.2, 0.25) is 0 Å². The van der Waals surface area contributed by atoms with Crippen LogP contribution < -0.4 is 0 Å². The molecule has 5 aromatic rings. The summed E-state index contributed by atoms with van der Waals surface area (Å²) < 4.78 is 8.47. The second-order valence-electron chi connectivity index (χ2n) is 9.30. The third-order valence-electron chi connectivity index (χ3n) is 6.78.